The molecule has 1 saturated carbocycles. The smallest absolute Gasteiger partial charge is 0.250 e. The Labute approximate surface area is 131 Å². The van der Waals surface area contributed by atoms with Gasteiger partial charge in [-0.2, -0.15) is 0 Å². The third kappa shape index (κ3) is 5.48. The lowest BCUT2D eigenvalue weighted by atomic mass is 9.87. The van der Waals surface area contributed by atoms with Crippen LogP contribution in [0, 0.1) is 5.92 Å². The monoisotopic (exact) mass is 304 g/mol. The van der Waals surface area contributed by atoms with Gasteiger partial charge in [-0.05, 0) is 43.0 Å². The van der Waals surface area contributed by atoms with Crippen molar-refractivity contribution in [1.29, 1.82) is 0 Å². The standard InChI is InChI=1S/C17H24N2O3/c1-22-12-17(21)19-15-9-7-14(8-10-15)18-16(20)11-13-5-3-2-4-6-13/h7-10,13H,2-6,11-12H2,1H3,(H,18,20)(H,19,21). The molecule has 1 aromatic carbocycles. The summed E-state index contributed by atoms with van der Waals surface area (Å²) in [5.41, 5.74) is 1.44. The summed E-state index contributed by atoms with van der Waals surface area (Å²) >= 11 is 0. The lowest BCUT2D eigenvalue weighted by Gasteiger charge is -2.20. The number of hydrogen-bond acceptors (Lipinski definition) is 3. The number of rotatable bonds is 6. The van der Waals surface area contributed by atoms with Crippen molar-refractivity contribution in [2.45, 2.75) is 38.5 Å². The van der Waals surface area contributed by atoms with Crippen molar-refractivity contribution in [2.24, 2.45) is 5.92 Å². The fourth-order valence-corrected chi connectivity index (χ4v) is 2.83. The van der Waals surface area contributed by atoms with Gasteiger partial charge in [-0.15, -0.1) is 0 Å². The van der Waals surface area contributed by atoms with Crippen LogP contribution in [0.5, 0.6) is 0 Å². The molecular weight excluding hydrogens is 280 g/mol. The molecule has 22 heavy (non-hydrogen) atoms. The van der Waals surface area contributed by atoms with Gasteiger partial charge in [0, 0.05) is 24.9 Å². The summed E-state index contributed by atoms with van der Waals surface area (Å²) in [6, 6.07) is 7.12. The molecular formula is C17H24N2O3. The summed E-state index contributed by atoms with van der Waals surface area (Å²) in [6.45, 7) is 0.0277. The number of amides is 2. The Morgan fingerprint density at radius 3 is 2.09 bits per heavy atom. The molecule has 0 aliphatic heterocycles. The van der Waals surface area contributed by atoms with Gasteiger partial charge in [-0.3, -0.25) is 9.59 Å². The highest BCUT2D eigenvalue weighted by Crippen LogP contribution is 2.26. The van der Waals surface area contributed by atoms with E-state index in [4.69, 9.17) is 4.74 Å². The van der Waals surface area contributed by atoms with E-state index in [2.05, 4.69) is 10.6 Å². The molecule has 2 rings (SSSR count). The van der Waals surface area contributed by atoms with Gasteiger partial charge >= 0.3 is 0 Å². The molecule has 0 radical (unpaired) electrons. The van der Waals surface area contributed by atoms with E-state index in [1.165, 1.54) is 26.4 Å². The molecule has 0 heterocycles. The summed E-state index contributed by atoms with van der Waals surface area (Å²) in [5, 5.41) is 5.63. The average Bonchev–Trinajstić information content (AvgIpc) is 2.50. The van der Waals surface area contributed by atoms with Crippen molar-refractivity contribution in [3.63, 3.8) is 0 Å². The summed E-state index contributed by atoms with van der Waals surface area (Å²) in [7, 11) is 1.48. The van der Waals surface area contributed by atoms with Gasteiger partial charge in [0.05, 0.1) is 0 Å². The van der Waals surface area contributed by atoms with Crippen LogP contribution in [0.3, 0.4) is 0 Å². The van der Waals surface area contributed by atoms with E-state index in [1.54, 1.807) is 24.3 Å². The van der Waals surface area contributed by atoms with Gasteiger partial charge in [0.25, 0.3) is 0 Å². The Morgan fingerprint density at radius 2 is 1.55 bits per heavy atom. The molecule has 0 aromatic heterocycles. The van der Waals surface area contributed by atoms with Crippen LogP contribution < -0.4 is 10.6 Å². The first-order chi connectivity index (χ1) is 10.7. The molecule has 1 aromatic rings. The molecule has 0 bridgehead atoms. The number of carbonyl (C=O) groups is 2. The number of carbonyl (C=O) groups excluding carboxylic acids is 2. The zero-order valence-electron chi connectivity index (χ0n) is 13.1. The molecule has 0 spiro atoms. The number of benzene rings is 1. The summed E-state index contributed by atoms with van der Waals surface area (Å²) in [6.07, 6.45) is 6.72. The number of hydrogen-bond donors (Lipinski definition) is 2. The summed E-state index contributed by atoms with van der Waals surface area (Å²) in [5.74, 6) is 0.404. The molecule has 120 valence electrons. The fourth-order valence-electron chi connectivity index (χ4n) is 2.83. The van der Waals surface area contributed by atoms with E-state index in [1.807, 2.05) is 0 Å². The molecule has 1 aliphatic rings. The second-order valence-corrected chi connectivity index (χ2v) is 5.81. The second kappa shape index (κ2) is 8.54. The van der Waals surface area contributed by atoms with E-state index in [-0.39, 0.29) is 18.4 Å². The van der Waals surface area contributed by atoms with Crippen molar-refractivity contribution >= 4 is 23.2 Å². The first-order valence-corrected chi connectivity index (χ1v) is 7.86. The topological polar surface area (TPSA) is 67.4 Å². The molecule has 1 aliphatic carbocycles. The highest BCUT2D eigenvalue weighted by Gasteiger charge is 2.17. The highest BCUT2D eigenvalue weighted by molar-refractivity contribution is 5.93. The normalized spacial score (nSPS) is 15.3. The number of methoxy groups -OCH3 is 1. The van der Waals surface area contributed by atoms with Crippen LogP contribution >= 0.6 is 0 Å². The lowest BCUT2D eigenvalue weighted by molar-refractivity contribution is -0.119. The third-order valence-electron chi connectivity index (χ3n) is 3.93. The number of nitrogens with one attached hydrogen (secondary N) is 2. The zero-order valence-corrected chi connectivity index (χ0v) is 13.1. The first kappa shape index (κ1) is 16.5. The zero-order chi connectivity index (χ0) is 15.8. The van der Waals surface area contributed by atoms with Gasteiger partial charge in [-0.25, -0.2) is 0 Å². The largest absolute Gasteiger partial charge is 0.375 e. The minimum absolute atomic E-state index is 0.0277. The van der Waals surface area contributed by atoms with Crippen molar-refractivity contribution in [1.82, 2.24) is 0 Å². The van der Waals surface area contributed by atoms with Gasteiger partial charge in [0.2, 0.25) is 11.8 Å². The van der Waals surface area contributed by atoms with E-state index in [0.717, 1.165) is 18.5 Å². The van der Waals surface area contributed by atoms with Crippen LogP contribution in [0.1, 0.15) is 38.5 Å². The summed E-state index contributed by atoms with van der Waals surface area (Å²) < 4.78 is 4.76. The van der Waals surface area contributed by atoms with Crippen molar-refractivity contribution in [3.05, 3.63) is 24.3 Å². The minimum Gasteiger partial charge on any atom is -0.375 e. The quantitative estimate of drug-likeness (QED) is 0.848. The fraction of sp³-hybridized carbons (Fsp3) is 0.529. The minimum atomic E-state index is -0.198. The van der Waals surface area contributed by atoms with Gasteiger partial charge < -0.3 is 15.4 Å². The number of anilines is 2. The molecule has 2 N–H and O–H groups in total. The van der Waals surface area contributed by atoms with Crippen LogP contribution in [0.4, 0.5) is 11.4 Å². The van der Waals surface area contributed by atoms with Crippen molar-refractivity contribution in [2.75, 3.05) is 24.4 Å². The lowest BCUT2D eigenvalue weighted by Crippen LogP contribution is -2.18. The predicted molar refractivity (Wildman–Crippen MR) is 86.8 cm³/mol. The molecule has 5 heteroatoms. The van der Waals surface area contributed by atoms with Crippen LogP contribution in [0.25, 0.3) is 0 Å². The SMILES string of the molecule is COCC(=O)Nc1ccc(NC(=O)CC2CCCCC2)cc1. The molecule has 0 atom stereocenters. The maximum Gasteiger partial charge on any atom is 0.250 e. The van der Waals surface area contributed by atoms with Gasteiger partial charge in [0.15, 0.2) is 0 Å². The van der Waals surface area contributed by atoms with Crippen molar-refractivity contribution < 1.29 is 14.3 Å². The van der Waals surface area contributed by atoms with Crippen LogP contribution in [-0.2, 0) is 14.3 Å². The first-order valence-electron chi connectivity index (χ1n) is 7.86. The maximum absolute atomic E-state index is 12.0. The number of ether oxygens (including phenoxy) is 1. The van der Waals surface area contributed by atoms with Gasteiger partial charge in [-0.1, -0.05) is 19.3 Å². The Kier molecular flexibility index (Phi) is 6.40. The van der Waals surface area contributed by atoms with Gasteiger partial charge in [0.1, 0.15) is 6.61 Å². The van der Waals surface area contributed by atoms with Crippen LogP contribution in [0.15, 0.2) is 24.3 Å². The van der Waals surface area contributed by atoms with E-state index < -0.39 is 0 Å². The second-order valence-electron chi connectivity index (χ2n) is 5.81. The molecule has 0 saturated heterocycles. The Morgan fingerprint density at radius 1 is 1.00 bits per heavy atom. The van der Waals surface area contributed by atoms with Crippen molar-refractivity contribution in [3.8, 4) is 0 Å². The van der Waals surface area contributed by atoms with Crippen LogP contribution in [0.2, 0.25) is 0 Å². The average molecular weight is 304 g/mol. The molecule has 1 fully saturated rings. The van der Waals surface area contributed by atoms with E-state index in [9.17, 15) is 9.59 Å². The van der Waals surface area contributed by atoms with E-state index in [0.29, 0.717) is 18.0 Å². The Bertz CT molecular complexity index is 493. The van der Waals surface area contributed by atoms with Crippen LogP contribution in [-0.4, -0.2) is 25.5 Å². The molecule has 0 unspecified atom stereocenters. The summed E-state index contributed by atoms with van der Waals surface area (Å²) in [4.78, 5) is 23.4. The molecule has 5 nitrogen and oxygen atoms in total. The Balaban J connectivity index is 1.80. The molecule has 2 amide bonds. The highest BCUT2D eigenvalue weighted by atomic mass is 16.5. The van der Waals surface area contributed by atoms with E-state index >= 15 is 0 Å². The Hall–Kier alpha value is -1.88. The predicted octanol–water partition coefficient (Wildman–Crippen LogP) is 3.18. The third-order valence-corrected chi connectivity index (χ3v) is 3.93. The maximum atomic E-state index is 12.0.